The molecule has 0 aliphatic rings. The van der Waals surface area contributed by atoms with Gasteiger partial charge >= 0.3 is 5.97 Å². The minimum atomic E-state index is -1.04. The minimum absolute atomic E-state index is 0.145. The van der Waals surface area contributed by atoms with Crippen molar-refractivity contribution in [3.05, 3.63) is 28.5 Å². The zero-order valence-corrected chi connectivity index (χ0v) is 10.4. The van der Waals surface area contributed by atoms with Gasteiger partial charge in [-0.25, -0.2) is 9.78 Å². The summed E-state index contributed by atoms with van der Waals surface area (Å²) >= 11 is 3.16. The molecule has 7 heteroatoms. The predicted octanol–water partition coefficient (Wildman–Crippen LogP) is 0.675. The first-order valence-electron chi connectivity index (χ1n) is 4.80. The van der Waals surface area contributed by atoms with Gasteiger partial charge in [-0.1, -0.05) is 6.07 Å². The van der Waals surface area contributed by atoms with Gasteiger partial charge in [-0.3, -0.25) is 4.79 Å². The number of hydrogen-bond acceptors (Lipinski definition) is 4. The predicted molar refractivity (Wildman–Crippen MR) is 62.7 cm³/mol. The van der Waals surface area contributed by atoms with Crippen LogP contribution in [-0.4, -0.2) is 41.7 Å². The third kappa shape index (κ3) is 5.41. The molecule has 1 aromatic heterocycles. The quantitative estimate of drug-likeness (QED) is 0.596. The van der Waals surface area contributed by atoms with Crippen molar-refractivity contribution >= 4 is 27.8 Å². The second-order valence-corrected chi connectivity index (χ2v) is 3.86. The van der Waals surface area contributed by atoms with Gasteiger partial charge < -0.3 is 15.2 Å². The molecule has 6 nitrogen and oxygen atoms in total. The zero-order valence-electron chi connectivity index (χ0n) is 8.85. The lowest BCUT2D eigenvalue weighted by Crippen LogP contribution is -2.28. The number of carbonyl (C=O) groups excluding carboxylic acids is 1. The van der Waals surface area contributed by atoms with Crippen molar-refractivity contribution in [3.63, 3.8) is 0 Å². The number of amides is 1. The Kier molecular flexibility index (Phi) is 5.58. The molecule has 0 radical (unpaired) electrons. The van der Waals surface area contributed by atoms with Gasteiger partial charge in [0.25, 0.3) is 5.91 Å². The summed E-state index contributed by atoms with van der Waals surface area (Å²) in [6.07, 6.45) is 0. The molecule has 0 saturated carbocycles. The molecule has 0 fully saturated rings. The number of nitrogens with zero attached hydrogens (tertiary/aromatic N) is 1. The van der Waals surface area contributed by atoms with Crippen molar-refractivity contribution in [3.8, 4) is 0 Å². The first-order valence-corrected chi connectivity index (χ1v) is 5.59. The number of aromatic nitrogens is 1. The Hall–Kier alpha value is -1.47. The molecular weight excluding hydrogens is 292 g/mol. The molecular formula is C10H11BrN2O4. The van der Waals surface area contributed by atoms with Gasteiger partial charge in [0.1, 0.15) is 16.9 Å². The Morgan fingerprint density at radius 3 is 2.88 bits per heavy atom. The average Bonchev–Trinajstić information content (AvgIpc) is 2.28. The Balaban J connectivity index is 2.28. The van der Waals surface area contributed by atoms with Gasteiger partial charge in [0.2, 0.25) is 0 Å². The van der Waals surface area contributed by atoms with E-state index in [-0.39, 0.29) is 31.4 Å². The molecule has 0 aromatic carbocycles. The topological polar surface area (TPSA) is 88.5 Å². The summed E-state index contributed by atoms with van der Waals surface area (Å²) in [6.45, 7) is 0.0113. The van der Waals surface area contributed by atoms with E-state index in [1.165, 1.54) is 0 Å². The van der Waals surface area contributed by atoms with E-state index in [2.05, 4.69) is 26.2 Å². The van der Waals surface area contributed by atoms with Crippen LogP contribution in [0.5, 0.6) is 0 Å². The summed E-state index contributed by atoms with van der Waals surface area (Å²) in [7, 11) is 0. The smallest absolute Gasteiger partial charge is 0.329 e. The Morgan fingerprint density at radius 1 is 1.47 bits per heavy atom. The molecule has 1 heterocycles. The maximum Gasteiger partial charge on any atom is 0.329 e. The number of pyridine rings is 1. The Morgan fingerprint density at radius 2 is 2.24 bits per heavy atom. The fourth-order valence-corrected chi connectivity index (χ4v) is 1.37. The summed E-state index contributed by atoms with van der Waals surface area (Å²) in [5.74, 6) is -1.37. The minimum Gasteiger partial charge on any atom is -0.480 e. The lowest BCUT2D eigenvalue weighted by molar-refractivity contribution is -0.142. The molecule has 0 aliphatic carbocycles. The standard InChI is InChI=1S/C10H11BrN2O4/c11-8-3-1-2-7(13-8)10(16)12-4-5-17-6-9(14)15/h1-3H,4-6H2,(H,12,16)(H,14,15). The normalized spacial score (nSPS) is 9.94. The van der Waals surface area contributed by atoms with Gasteiger partial charge in [-0.05, 0) is 28.1 Å². The van der Waals surface area contributed by atoms with Crippen LogP contribution in [0.3, 0.4) is 0 Å². The highest BCUT2D eigenvalue weighted by molar-refractivity contribution is 9.10. The second kappa shape index (κ2) is 6.97. The Labute approximate surface area is 106 Å². The van der Waals surface area contributed by atoms with E-state index in [9.17, 15) is 9.59 Å². The summed E-state index contributed by atoms with van der Waals surface area (Å²) in [6, 6.07) is 5.00. The van der Waals surface area contributed by atoms with E-state index in [1.54, 1.807) is 18.2 Å². The zero-order chi connectivity index (χ0) is 12.7. The summed E-state index contributed by atoms with van der Waals surface area (Å²) < 4.78 is 5.34. The first-order chi connectivity index (χ1) is 8.09. The third-order valence-electron chi connectivity index (χ3n) is 1.71. The van der Waals surface area contributed by atoms with E-state index in [0.717, 1.165) is 0 Å². The number of carbonyl (C=O) groups is 2. The molecule has 0 bridgehead atoms. The lowest BCUT2D eigenvalue weighted by atomic mass is 10.3. The fraction of sp³-hybridized carbons (Fsp3) is 0.300. The van der Waals surface area contributed by atoms with Crippen molar-refractivity contribution in [2.75, 3.05) is 19.8 Å². The van der Waals surface area contributed by atoms with Crippen LogP contribution in [0.4, 0.5) is 0 Å². The summed E-state index contributed by atoms with van der Waals surface area (Å²) in [4.78, 5) is 25.6. The van der Waals surface area contributed by atoms with Crippen molar-refractivity contribution in [1.29, 1.82) is 0 Å². The van der Waals surface area contributed by atoms with Crippen LogP contribution >= 0.6 is 15.9 Å². The number of carboxylic acids is 1. The van der Waals surface area contributed by atoms with Crippen LogP contribution in [0.2, 0.25) is 0 Å². The molecule has 92 valence electrons. The van der Waals surface area contributed by atoms with Crippen LogP contribution in [0.1, 0.15) is 10.5 Å². The van der Waals surface area contributed by atoms with E-state index in [1.807, 2.05) is 0 Å². The molecule has 1 aromatic rings. The molecule has 0 aliphatic heterocycles. The monoisotopic (exact) mass is 302 g/mol. The molecule has 0 atom stereocenters. The number of ether oxygens (including phenoxy) is 1. The number of nitrogens with one attached hydrogen (secondary N) is 1. The van der Waals surface area contributed by atoms with Gasteiger partial charge in [-0.2, -0.15) is 0 Å². The van der Waals surface area contributed by atoms with Crippen LogP contribution in [0, 0.1) is 0 Å². The molecule has 0 spiro atoms. The van der Waals surface area contributed by atoms with E-state index < -0.39 is 5.97 Å². The van der Waals surface area contributed by atoms with E-state index in [4.69, 9.17) is 9.84 Å². The van der Waals surface area contributed by atoms with Crippen LogP contribution < -0.4 is 5.32 Å². The van der Waals surface area contributed by atoms with Crippen LogP contribution in [0.25, 0.3) is 0 Å². The third-order valence-corrected chi connectivity index (χ3v) is 2.15. The number of aliphatic carboxylic acids is 1. The van der Waals surface area contributed by atoms with Crippen LogP contribution in [-0.2, 0) is 9.53 Å². The summed E-state index contributed by atoms with van der Waals surface area (Å²) in [5, 5.41) is 10.9. The molecule has 0 unspecified atom stereocenters. The van der Waals surface area contributed by atoms with Crippen molar-refractivity contribution in [2.45, 2.75) is 0 Å². The molecule has 0 saturated heterocycles. The van der Waals surface area contributed by atoms with Gasteiger partial charge in [-0.15, -0.1) is 0 Å². The largest absolute Gasteiger partial charge is 0.480 e. The van der Waals surface area contributed by atoms with Crippen molar-refractivity contribution in [2.24, 2.45) is 0 Å². The highest BCUT2D eigenvalue weighted by Gasteiger charge is 2.06. The molecule has 17 heavy (non-hydrogen) atoms. The highest BCUT2D eigenvalue weighted by atomic mass is 79.9. The lowest BCUT2D eigenvalue weighted by Gasteiger charge is -2.04. The number of rotatable bonds is 6. The van der Waals surface area contributed by atoms with Crippen molar-refractivity contribution < 1.29 is 19.4 Å². The highest BCUT2D eigenvalue weighted by Crippen LogP contribution is 2.05. The van der Waals surface area contributed by atoms with E-state index in [0.29, 0.717) is 4.60 Å². The van der Waals surface area contributed by atoms with E-state index >= 15 is 0 Å². The first kappa shape index (κ1) is 13.6. The number of hydrogen-bond donors (Lipinski definition) is 2. The van der Waals surface area contributed by atoms with Crippen molar-refractivity contribution in [1.82, 2.24) is 10.3 Å². The maximum atomic E-state index is 11.5. The van der Waals surface area contributed by atoms with Crippen LogP contribution in [0.15, 0.2) is 22.8 Å². The number of carboxylic acid groups (broad SMARTS) is 1. The van der Waals surface area contributed by atoms with Gasteiger partial charge in [0.15, 0.2) is 0 Å². The summed E-state index contributed by atoms with van der Waals surface area (Å²) in [5.41, 5.74) is 0.289. The van der Waals surface area contributed by atoms with Gasteiger partial charge in [0.05, 0.1) is 6.61 Å². The Bertz CT molecular complexity index is 411. The molecule has 1 amide bonds. The maximum absolute atomic E-state index is 11.5. The fourth-order valence-electron chi connectivity index (χ4n) is 1.02. The molecule has 1 rings (SSSR count). The second-order valence-electron chi connectivity index (χ2n) is 3.05. The number of halogens is 1. The molecule has 2 N–H and O–H groups in total. The van der Waals surface area contributed by atoms with Gasteiger partial charge in [0, 0.05) is 6.54 Å². The SMILES string of the molecule is O=C(O)COCCNC(=O)c1cccc(Br)n1. The average molecular weight is 303 g/mol.